The van der Waals surface area contributed by atoms with Gasteiger partial charge in [-0.2, -0.15) is 0 Å². The van der Waals surface area contributed by atoms with Gasteiger partial charge in [-0.1, -0.05) is 16.5 Å². The molecule has 2 aromatic rings. The third-order valence-electron chi connectivity index (χ3n) is 2.56. The molecule has 1 aromatic carbocycles. The normalized spacial score (nSPS) is 14.2. The molecule has 0 bridgehead atoms. The Balaban J connectivity index is 2.59. The lowest BCUT2D eigenvalue weighted by atomic mass is 10.2. The summed E-state index contributed by atoms with van der Waals surface area (Å²) in [7, 11) is -0.157. The fourth-order valence-electron chi connectivity index (χ4n) is 1.58. The van der Waals surface area contributed by atoms with Crippen LogP contribution in [0, 0.1) is 5.82 Å². The smallest absolute Gasteiger partial charge is 0.123 e. The standard InChI is InChI=1S/C13H16FNS/c1-13(2,3)16(4)15-8-7-10-9-11(14)5-6-12(10)15/h5-9H,4H2,1-3H3. The summed E-state index contributed by atoms with van der Waals surface area (Å²) < 4.78 is 15.3. The van der Waals surface area contributed by atoms with Crippen molar-refractivity contribution in [1.82, 2.24) is 3.97 Å². The Labute approximate surface area is 98.0 Å². The van der Waals surface area contributed by atoms with Crippen LogP contribution in [0.3, 0.4) is 0 Å². The molecule has 2 rings (SSSR count). The van der Waals surface area contributed by atoms with E-state index in [1.54, 1.807) is 6.07 Å². The molecule has 1 nitrogen and oxygen atoms in total. The van der Waals surface area contributed by atoms with Gasteiger partial charge < -0.3 is 0 Å². The number of nitrogens with zero attached hydrogens (tertiary/aromatic N) is 1. The SMILES string of the molecule is C=S(n1ccc2cc(F)ccc21)C(C)(C)C. The molecule has 0 amide bonds. The highest BCUT2D eigenvalue weighted by Crippen LogP contribution is 2.34. The van der Waals surface area contributed by atoms with Crippen molar-refractivity contribution in [3.8, 4) is 0 Å². The number of hydrogen-bond acceptors (Lipinski definition) is 0. The van der Waals surface area contributed by atoms with Crippen LogP contribution in [-0.2, 0) is 0 Å². The van der Waals surface area contributed by atoms with Crippen LogP contribution in [0.25, 0.3) is 10.9 Å². The molecule has 1 atom stereocenters. The number of hydrogen-bond donors (Lipinski definition) is 0. The molecule has 0 N–H and O–H groups in total. The van der Waals surface area contributed by atoms with Gasteiger partial charge in [0, 0.05) is 16.3 Å². The average Bonchev–Trinajstić information content (AvgIpc) is 2.57. The number of benzene rings is 1. The van der Waals surface area contributed by atoms with E-state index in [4.69, 9.17) is 0 Å². The molecular formula is C13H16FNS. The number of fused-ring (bicyclic) bond motifs is 1. The van der Waals surface area contributed by atoms with Crippen molar-refractivity contribution >= 4 is 27.4 Å². The van der Waals surface area contributed by atoms with Crippen molar-refractivity contribution < 1.29 is 4.39 Å². The molecule has 3 heteroatoms. The van der Waals surface area contributed by atoms with Crippen molar-refractivity contribution in [2.24, 2.45) is 0 Å². The Hall–Kier alpha value is -1.09. The van der Waals surface area contributed by atoms with E-state index in [0.29, 0.717) is 0 Å². The summed E-state index contributed by atoms with van der Waals surface area (Å²) in [6.07, 6.45) is 1.99. The van der Waals surface area contributed by atoms with Gasteiger partial charge in [-0.25, -0.2) is 4.39 Å². The minimum atomic E-state index is -0.190. The van der Waals surface area contributed by atoms with Crippen molar-refractivity contribution in [2.75, 3.05) is 0 Å². The first-order chi connectivity index (χ1) is 7.39. The molecule has 86 valence electrons. The topological polar surface area (TPSA) is 4.93 Å². The molecule has 0 spiro atoms. The summed E-state index contributed by atoms with van der Waals surface area (Å²) in [5, 5.41) is 0.936. The van der Waals surface area contributed by atoms with Gasteiger partial charge in [-0.05, 0) is 45.0 Å². The lowest BCUT2D eigenvalue weighted by molar-refractivity contribution is 0.629. The number of aromatic nitrogens is 1. The first-order valence-corrected chi connectivity index (χ1v) is 6.56. The first-order valence-electron chi connectivity index (χ1n) is 5.21. The first kappa shape index (κ1) is 11.4. The van der Waals surface area contributed by atoms with Crippen molar-refractivity contribution in [3.63, 3.8) is 0 Å². The highest BCUT2D eigenvalue weighted by atomic mass is 32.2. The average molecular weight is 237 g/mol. The second-order valence-corrected chi connectivity index (χ2v) is 7.17. The molecule has 0 saturated heterocycles. The third-order valence-corrected chi connectivity index (χ3v) is 4.77. The fraction of sp³-hybridized carbons (Fsp3) is 0.308. The third kappa shape index (κ3) is 1.92. The Morgan fingerprint density at radius 1 is 1.25 bits per heavy atom. The largest absolute Gasteiger partial charge is 0.297 e. The van der Waals surface area contributed by atoms with Gasteiger partial charge in [0.25, 0.3) is 0 Å². The van der Waals surface area contributed by atoms with Gasteiger partial charge in [-0.15, -0.1) is 0 Å². The highest BCUT2D eigenvalue weighted by molar-refractivity contribution is 8.14. The van der Waals surface area contributed by atoms with E-state index in [1.165, 1.54) is 6.07 Å². The molecule has 16 heavy (non-hydrogen) atoms. The zero-order chi connectivity index (χ0) is 11.9. The molecule has 1 aromatic heterocycles. The van der Waals surface area contributed by atoms with E-state index in [9.17, 15) is 4.39 Å². The van der Waals surface area contributed by atoms with Gasteiger partial charge >= 0.3 is 0 Å². The van der Waals surface area contributed by atoms with E-state index in [1.807, 2.05) is 18.3 Å². The van der Waals surface area contributed by atoms with Crippen molar-refractivity contribution in [1.29, 1.82) is 0 Å². The molecule has 1 unspecified atom stereocenters. The van der Waals surface area contributed by atoms with Crippen molar-refractivity contribution in [3.05, 3.63) is 36.3 Å². The van der Waals surface area contributed by atoms with Crippen LogP contribution >= 0.6 is 10.7 Å². The predicted octanol–water partition coefficient (Wildman–Crippen LogP) is 4.04. The van der Waals surface area contributed by atoms with Gasteiger partial charge in [-0.3, -0.25) is 3.97 Å². The quantitative estimate of drug-likeness (QED) is 0.660. The number of halogens is 1. The molecule has 0 aliphatic rings. The second kappa shape index (κ2) is 3.74. The van der Waals surface area contributed by atoms with Crippen LogP contribution in [0.4, 0.5) is 4.39 Å². The lowest BCUT2D eigenvalue weighted by Gasteiger charge is -2.25. The van der Waals surface area contributed by atoms with Crippen LogP contribution in [-0.4, -0.2) is 14.6 Å². The molecule has 0 aliphatic carbocycles. The van der Waals surface area contributed by atoms with Gasteiger partial charge in [0.15, 0.2) is 0 Å². The zero-order valence-electron chi connectivity index (χ0n) is 9.83. The predicted molar refractivity (Wildman–Crippen MR) is 71.8 cm³/mol. The van der Waals surface area contributed by atoms with E-state index in [0.717, 1.165) is 10.9 Å². The summed E-state index contributed by atoms with van der Waals surface area (Å²) in [4.78, 5) is 0. The monoisotopic (exact) mass is 237 g/mol. The van der Waals surface area contributed by atoms with Gasteiger partial charge in [0.2, 0.25) is 0 Å². The van der Waals surface area contributed by atoms with Crippen molar-refractivity contribution in [2.45, 2.75) is 25.5 Å². The Kier molecular flexibility index (Phi) is 2.66. The fourth-order valence-corrected chi connectivity index (χ4v) is 2.78. The summed E-state index contributed by atoms with van der Waals surface area (Å²) in [6.45, 7) is 6.50. The van der Waals surface area contributed by atoms with Gasteiger partial charge in [0.1, 0.15) is 5.82 Å². The molecular weight excluding hydrogens is 221 g/mol. The van der Waals surface area contributed by atoms with Crippen LogP contribution in [0.15, 0.2) is 30.5 Å². The maximum absolute atomic E-state index is 13.1. The molecule has 0 radical (unpaired) electrons. The van der Waals surface area contributed by atoms with E-state index in [-0.39, 0.29) is 21.2 Å². The Morgan fingerprint density at radius 3 is 2.56 bits per heavy atom. The minimum absolute atomic E-state index is 0.111. The van der Waals surface area contributed by atoms with Crippen LogP contribution in [0.1, 0.15) is 20.8 Å². The lowest BCUT2D eigenvalue weighted by Crippen LogP contribution is -2.13. The van der Waals surface area contributed by atoms with E-state index in [2.05, 4.69) is 30.6 Å². The maximum atomic E-state index is 13.1. The molecule has 0 saturated carbocycles. The molecule has 0 aliphatic heterocycles. The Bertz CT molecular complexity index is 549. The molecule has 0 fully saturated rings. The van der Waals surface area contributed by atoms with Crippen LogP contribution < -0.4 is 0 Å². The summed E-state index contributed by atoms with van der Waals surface area (Å²) in [6, 6.07) is 6.82. The zero-order valence-corrected chi connectivity index (χ0v) is 10.6. The van der Waals surface area contributed by atoms with Gasteiger partial charge in [0.05, 0.1) is 5.52 Å². The minimum Gasteiger partial charge on any atom is -0.297 e. The second-order valence-electron chi connectivity index (χ2n) is 4.82. The highest BCUT2D eigenvalue weighted by Gasteiger charge is 2.16. The van der Waals surface area contributed by atoms with E-state index >= 15 is 0 Å². The van der Waals surface area contributed by atoms with E-state index < -0.39 is 0 Å². The number of rotatable bonds is 1. The van der Waals surface area contributed by atoms with Crippen LogP contribution in [0.5, 0.6) is 0 Å². The Morgan fingerprint density at radius 2 is 1.94 bits per heavy atom. The summed E-state index contributed by atoms with van der Waals surface area (Å²) in [5.41, 5.74) is 1.05. The molecule has 1 heterocycles. The van der Waals surface area contributed by atoms with Crippen LogP contribution in [0.2, 0.25) is 0 Å². The summed E-state index contributed by atoms with van der Waals surface area (Å²) in [5.74, 6) is 4.03. The summed E-state index contributed by atoms with van der Waals surface area (Å²) >= 11 is 0. The maximum Gasteiger partial charge on any atom is 0.123 e.